The lowest BCUT2D eigenvalue weighted by molar-refractivity contribution is -0.140. The molecular weight excluding hydrogens is 600 g/mol. The standard InChI is InChI=1S/C36H54N4O7/c1-4-6-21-39(22-7-5-2)23-14-24-40(36(35(37)45,26-15-10-8-11-16-26)27-17-12-9-13-18-27)32(42)28-19-20-29(38-25(3)41)31-30(28)46-33(43)34(44)47-31/h19-20,26-27H,4-18,21-24H2,1-3H3,(H2,37,45)(H,38,41). The van der Waals surface area contributed by atoms with Gasteiger partial charge in [0.05, 0.1) is 11.3 Å². The topological polar surface area (TPSA) is 156 Å². The van der Waals surface area contributed by atoms with Crippen LogP contribution in [0.3, 0.4) is 0 Å². The minimum atomic E-state index is -1.26. The molecule has 2 aromatic rings. The highest BCUT2D eigenvalue weighted by molar-refractivity contribution is 6.09. The number of nitrogens with two attached hydrogens (primary N) is 1. The van der Waals surface area contributed by atoms with Crippen LogP contribution in [-0.4, -0.2) is 59.2 Å². The molecule has 1 aromatic heterocycles. The van der Waals surface area contributed by atoms with Gasteiger partial charge in [-0.3, -0.25) is 14.4 Å². The third-order valence-corrected chi connectivity index (χ3v) is 10.3. The van der Waals surface area contributed by atoms with Gasteiger partial charge < -0.3 is 29.7 Å². The lowest BCUT2D eigenvalue weighted by Crippen LogP contribution is -2.68. The third-order valence-electron chi connectivity index (χ3n) is 10.3. The molecule has 47 heavy (non-hydrogen) atoms. The highest BCUT2D eigenvalue weighted by Crippen LogP contribution is 2.47. The van der Waals surface area contributed by atoms with Crippen LogP contribution in [0, 0.1) is 11.8 Å². The van der Waals surface area contributed by atoms with Crippen LogP contribution in [-0.2, 0) is 9.59 Å². The Balaban J connectivity index is 1.87. The van der Waals surface area contributed by atoms with Crippen molar-refractivity contribution >= 4 is 34.6 Å². The fourth-order valence-corrected chi connectivity index (χ4v) is 8.04. The Bertz CT molecular complexity index is 1460. The molecule has 0 aliphatic heterocycles. The van der Waals surface area contributed by atoms with Crippen molar-refractivity contribution in [3.8, 4) is 0 Å². The Hall–Kier alpha value is -3.47. The summed E-state index contributed by atoms with van der Waals surface area (Å²) in [6.07, 6.45) is 14.2. The normalized spacial score (nSPS) is 16.4. The maximum atomic E-state index is 15.1. The molecule has 2 saturated carbocycles. The number of carbonyl (C=O) groups is 3. The van der Waals surface area contributed by atoms with Crippen LogP contribution < -0.4 is 22.3 Å². The number of nitrogens with zero attached hydrogens (tertiary/aromatic N) is 2. The number of unbranched alkanes of at least 4 members (excludes halogenated alkanes) is 2. The van der Waals surface area contributed by atoms with E-state index in [0.717, 1.165) is 110 Å². The second-order valence-electron chi connectivity index (χ2n) is 13.5. The van der Waals surface area contributed by atoms with Gasteiger partial charge >= 0.3 is 11.3 Å². The number of nitrogens with one attached hydrogen (secondary N) is 1. The molecule has 3 N–H and O–H groups in total. The first-order valence-corrected chi connectivity index (χ1v) is 17.9. The fourth-order valence-electron chi connectivity index (χ4n) is 8.04. The Labute approximate surface area is 277 Å². The first-order chi connectivity index (χ1) is 22.6. The number of hydrogen-bond acceptors (Lipinski definition) is 8. The van der Waals surface area contributed by atoms with E-state index in [4.69, 9.17) is 14.6 Å². The highest BCUT2D eigenvalue weighted by atomic mass is 16.5. The minimum Gasteiger partial charge on any atom is -0.413 e. The lowest BCUT2D eigenvalue weighted by atomic mass is 9.62. The molecule has 0 saturated heterocycles. The summed E-state index contributed by atoms with van der Waals surface area (Å²) in [5, 5.41) is 2.58. The molecule has 0 bridgehead atoms. The molecule has 0 radical (unpaired) electrons. The van der Waals surface area contributed by atoms with Gasteiger partial charge in [0.15, 0.2) is 11.2 Å². The summed E-state index contributed by atoms with van der Waals surface area (Å²) in [5.74, 6) is -1.62. The SMILES string of the molecule is CCCCN(CCCC)CCCN(C(=O)c1ccc(NC(C)=O)c2oc(=O)c(=O)oc12)C(C(N)=O)(C1CCCCC1)C1CCCCC1. The quantitative estimate of drug-likeness (QED) is 0.214. The van der Waals surface area contributed by atoms with Crippen molar-refractivity contribution in [3.05, 3.63) is 38.5 Å². The summed E-state index contributed by atoms with van der Waals surface area (Å²) in [6, 6.07) is 2.93. The maximum Gasteiger partial charge on any atom is 0.423 e. The van der Waals surface area contributed by atoms with E-state index in [0.29, 0.717) is 13.0 Å². The monoisotopic (exact) mass is 654 g/mol. The van der Waals surface area contributed by atoms with Crippen molar-refractivity contribution < 1.29 is 23.2 Å². The van der Waals surface area contributed by atoms with E-state index in [9.17, 15) is 19.2 Å². The summed E-state index contributed by atoms with van der Waals surface area (Å²) < 4.78 is 10.7. The van der Waals surface area contributed by atoms with E-state index >= 15 is 4.79 Å². The molecule has 3 amide bonds. The van der Waals surface area contributed by atoms with Gasteiger partial charge in [-0.15, -0.1) is 0 Å². The van der Waals surface area contributed by atoms with Crippen LogP contribution in [0.1, 0.15) is 127 Å². The van der Waals surface area contributed by atoms with Crippen LogP contribution >= 0.6 is 0 Å². The Kier molecular flexibility index (Phi) is 13.2. The zero-order valence-corrected chi connectivity index (χ0v) is 28.6. The van der Waals surface area contributed by atoms with Crippen molar-refractivity contribution in [3.63, 3.8) is 0 Å². The number of anilines is 1. The number of carbonyl (C=O) groups excluding carboxylic acids is 3. The summed E-state index contributed by atoms with van der Waals surface area (Å²) in [4.78, 5) is 70.1. The molecule has 4 rings (SSSR count). The predicted octanol–water partition coefficient (Wildman–Crippen LogP) is 5.82. The molecule has 2 aliphatic carbocycles. The molecule has 2 aliphatic rings. The van der Waals surface area contributed by atoms with Gasteiger partial charge in [-0.1, -0.05) is 65.2 Å². The third kappa shape index (κ3) is 8.34. The van der Waals surface area contributed by atoms with Gasteiger partial charge in [-0.05, 0) is 88.5 Å². The molecular formula is C36H54N4O7. The average molecular weight is 655 g/mol. The number of amides is 3. The second kappa shape index (κ2) is 17.1. The lowest BCUT2D eigenvalue weighted by Gasteiger charge is -2.53. The van der Waals surface area contributed by atoms with E-state index in [1.165, 1.54) is 19.1 Å². The summed E-state index contributed by atoms with van der Waals surface area (Å²) >= 11 is 0. The number of hydrogen-bond donors (Lipinski definition) is 2. The number of rotatable bonds is 16. The van der Waals surface area contributed by atoms with Gasteiger partial charge in [0.1, 0.15) is 5.54 Å². The van der Waals surface area contributed by atoms with Gasteiger partial charge in [0.25, 0.3) is 5.91 Å². The molecule has 0 unspecified atom stereocenters. The van der Waals surface area contributed by atoms with Crippen LogP contribution in [0.5, 0.6) is 0 Å². The smallest absolute Gasteiger partial charge is 0.413 e. The first-order valence-electron chi connectivity index (χ1n) is 17.9. The molecule has 11 nitrogen and oxygen atoms in total. The Morgan fingerprint density at radius 3 is 1.79 bits per heavy atom. The highest BCUT2D eigenvalue weighted by Gasteiger charge is 2.56. The van der Waals surface area contributed by atoms with Gasteiger partial charge in [-0.2, -0.15) is 0 Å². The molecule has 260 valence electrons. The van der Waals surface area contributed by atoms with Gasteiger partial charge in [0.2, 0.25) is 11.8 Å². The summed E-state index contributed by atoms with van der Waals surface area (Å²) in [7, 11) is 0. The first kappa shape index (κ1) is 36.4. The summed E-state index contributed by atoms with van der Waals surface area (Å²) in [5.41, 5.74) is 2.42. The van der Waals surface area contributed by atoms with Crippen molar-refractivity contribution in [2.45, 2.75) is 123 Å². The van der Waals surface area contributed by atoms with E-state index in [-0.39, 0.29) is 34.3 Å². The van der Waals surface area contributed by atoms with Crippen LogP contribution in [0.25, 0.3) is 11.2 Å². The Morgan fingerprint density at radius 2 is 1.30 bits per heavy atom. The number of benzene rings is 1. The minimum absolute atomic E-state index is 0.0129. The van der Waals surface area contributed by atoms with E-state index < -0.39 is 34.5 Å². The zero-order valence-electron chi connectivity index (χ0n) is 28.6. The summed E-state index contributed by atoms with van der Waals surface area (Å²) in [6.45, 7) is 8.64. The van der Waals surface area contributed by atoms with Gasteiger partial charge in [0, 0.05) is 13.5 Å². The number of primary amides is 1. The average Bonchev–Trinajstić information content (AvgIpc) is 3.06. The van der Waals surface area contributed by atoms with E-state index in [1.807, 2.05) is 0 Å². The van der Waals surface area contributed by atoms with Crippen molar-refractivity contribution in [2.75, 3.05) is 31.5 Å². The van der Waals surface area contributed by atoms with Crippen molar-refractivity contribution in [1.82, 2.24) is 9.80 Å². The van der Waals surface area contributed by atoms with Crippen molar-refractivity contribution in [2.24, 2.45) is 17.6 Å². The predicted molar refractivity (Wildman–Crippen MR) is 182 cm³/mol. The number of fused-ring (bicyclic) bond motifs is 1. The molecule has 11 heteroatoms. The van der Waals surface area contributed by atoms with Gasteiger partial charge in [-0.25, -0.2) is 9.59 Å². The van der Waals surface area contributed by atoms with Crippen LogP contribution in [0.15, 0.2) is 30.6 Å². The van der Waals surface area contributed by atoms with E-state index in [2.05, 4.69) is 24.1 Å². The zero-order chi connectivity index (χ0) is 34.0. The largest absolute Gasteiger partial charge is 0.423 e. The van der Waals surface area contributed by atoms with Crippen LogP contribution in [0.4, 0.5) is 5.69 Å². The molecule has 1 heterocycles. The van der Waals surface area contributed by atoms with E-state index in [1.54, 1.807) is 4.90 Å². The van der Waals surface area contributed by atoms with Crippen LogP contribution in [0.2, 0.25) is 0 Å². The Morgan fingerprint density at radius 1 is 0.787 bits per heavy atom. The molecule has 0 atom stereocenters. The fraction of sp³-hybridized carbons (Fsp3) is 0.694. The molecule has 2 fully saturated rings. The maximum absolute atomic E-state index is 15.1. The molecule has 0 spiro atoms. The van der Waals surface area contributed by atoms with Crippen molar-refractivity contribution in [1.29, 1.82) is 0 Å². The molecule has 1 aromatic carbocycles. The second-order valence-corrected chi connectivity index (χ2v) is 13.5.